The van der Waals surface area contributed by atoms with Gasteiger partial charge in [-0.1, -0.05) is 30.1 Å². The van der Waals surface area contributed by atoms with Crippen molar-refractivity contribution >= 4 is 0 Å². The molecule has 0 fully saturated rings. The molecule has 0 aliphatic rings. The van der Waals surface area contributed by atoms with E-state index in [1.807, 2.05) is 13.8 Å². The molecular formula is C20H14F2N6Pt. The first-order valence-electron chi connectivity index (χ1n) is 8.41. The largest absolute Gasteiger partial charge is 2.00 e. The van der Waals surface area contributed by atoms with Crippen molar-refractivity contribution in [2.75, 3.05) is 0 Å². The number of rotatable bonds is 4. The molecule has 4 aromatic heterocycles. The van der Waals surface area contributed by atoms with E-state index in [0.29, 0.717) is 17.2 Å². The minimum absolute atomic E-state index is 0. The van der Waals surface area contributed by atoms with Crippen LogP contribution in [0.3, 0.4) is 0 Å². The van der Waals surface area contributed by atoms with E-state index >= 15 is 0 Å². The van der Waals surface area contributed by atoms with E-state index < -0.39 is 17.3 Å². The van der Waals surface area contributed by atoms with Crippen LogP contribution in [-0.2, 0) is 26.5 Å². The van der Waals surface area contributed by atoms with Crippen molar-refractivity contribution in [2.45, 2.75) is 19.3 Å². The molecule has 0 saturated heterocycles. The zero-order chi connectivity index (χ0) is 19.7. The Kier molecular flexibility index (Phi) is 5.93. The fraction of sp³-hybridized carbons (Fsp3) is 0.150. The molecule has 148 valence electrons. The number of halogens is 2. The van der Waals surface area contributed by atoms with Crippen LogP contribution in [0.1, 0.15) is 25.4 Å². The monoisotopic (exact) mass is 571 g/mol. The van der Waals surface area contributed by atoms with E-state index in [1.165, 1.54) is 35.5 Å². The van der Waals surface area contributed by atoms with E-state index in [2.05, 4.69) is 37.2 Å². The SMILES string of the molecule is CC(C)(c1cccc(-c2[c-]ccnc2F)n1)c1ncn(-c2[c-]ccnc2F)n1.[Pt+2]. The van der Waals surface area contributed by atoms with Crippen LogP contribution in [0.4, 0.5) is 8.78 Å². The van der Waals surface area contributed by atoms with Gasteiger partial charge in [0.25, 0.3) is 0 Å². The second-order valence-electron chi connectivity index (χ2n) is 6.53. The second-order valence-corrected chi connectivity index (χ2v) is 6.53. The molecule has 0 amide bonds. The third kappa shape index (κ3) is 3.98. The molecule has 29 heavy (non-hydrogen) atoms. The van der Waals surface area contributed by atoms with Crippen LogP contribution in [0.15, 0.2) is 49.1 Å². The third-order valence-corrected chi connectivity index (χ3v) is 4.30. The Morgan fingerprint density at radius 1 is 0.966 bits per heavy atom. The maximum atomic E-state index is 14.0. The average Bonchev–Trinajstić information content (AvgIpc) is 3.20. The molecule has 9 heteroatoms. The number of hydrogen-bond donors (Lipinski definition) is 0. The zero-order valence-corrected chi connectivity index (χ0v) is 17.6. The van der Waals surface area contributed by atoms with Crippen molar-refractivity contribution in [3.05, 3.63) is 84.6 Å². The summed E-state index contributed by atoms with van der Waals surface area (Å²) in [6.45, 7) is 3.76. The Bertz CT molecular complexity index is 1150. The van der Waals surface area contributed by atoms with E-state index in [0.717, 1.165) is 0 Å². The summed E-state index contributed by atoms with van der Waals surface area (Å²) in [5, 5.41) is 4.37. The zero-order valence-electron chi connectivity index (χ0n) is 15.4. The summed E-state index contributed by atoms with van der Waals surface area (Å²) < 4.78 is 29.2. The number of pyridine rings is 3. The van der Waals surface area contributed by atoms with E-state index in [1.54, 1.807) is 18.2 Å². The summed E-state index contributed by atoms with van der Waals surface area (Å²) in [5.41, 5.74) is 0.562. The van der Waals surface area contributed by atoms with Gasteiger partial charge in [-0.05, 0) is 25.6 Å². The van der Waals surface area contributed by atoms with Crippen LogP contribution < -0.4 is 0 Å². The molecule has 0 atom stereocenters. The van der Waals surface area contributed by atoms with Gasteiger partial charge in [0.2, 0.25) is 0 Å². The van der Waals surface area contributed by atoms with Gasteiger partial charge in [-0.2, -0.15) is 17.2 Å². The molecule has 0 unspecified atom stereocenters. The molecule has 4 aromatic rings. The third-order valence-electron chi connectivity index (χ3n) is 4.30. The quantitative estimate of drug-likeness (QED) is 0.278. The normalized spacial score (nSPS) is 11.2. The maximum absolute atomic E-state index is 14.0. The standard InChI is InChI=1S/C20H14F2N6.Pt/c1-20(2,19-25-12-28(27-19)15-8-5-11-24-18(15)22)16-9-3-7-14(26-16)13-6-4-10-23-17(13)21;/h3-5,7,9-12H,1-2H3;/q-2;+2. The van der Waals surface area contributed by atoms with Crippen molar-refractivity contribution in [2.24, 2.45) is 0 Å². The topological polar surface area (TPSA) is 69.4 Å². The van der Waals surface area contributed by atoms with Gasteiger partial charge in [0, 0.05) is 11.4 Å². The van der Waals surface area contributed by atoms with E-state index in [9.17, 15) is 8.78 Å². The van der Waals surface area contributed by atoms with Crippen molar-refractivity contribution < 1.29 is 29.8 Å². The Morgan fingerprint density at radius 2 is 1.69 bits per heavy atom. The summed E-state index contributed by atoms with van der Waals surface area (Å²) in [6, 6.07) is 13.8. The molecule has 4 rings (SSSR count). The first-order valence-corrected chi connectivity index (χ1v) is 8.41. The molecule has 0 saturated carbocycles. The number of hydrogen-bond acceptors (Lipinski definition) is 5. The van der Waals surface area contributed by atoms with E-state index in [-0.39, 0.29) is 32.3 Å². The molecule has 4 heterocycles. The summed E-state index contributed by atoms with van der Waals surface area (Å²) >= 11 is 0. The first kappa shape index (κ1) is 20.9. The van der Waals surface area contributed by atoms with Gasteiger partial charge >= 0.3 is 21.1 Å². The molecule has 0 spiro atoms. The van der Waals surface area contributed by atoms with Crippen LogP contribution in [0.2, 0.25) is 0 Å². The maximum Gasteiger partial charge on any atom is 2.00 e. The molecule has 0 N–H and O–H groups in total. The molecule has 0 bridgehead atoms. The summed E-state index contributed by atoms with van der Waals surface area (Å²) in [5.74, 6) is -0.918. The number of nitrogens with zero attached hydrogens (tertiary/aromatic N) is 6. The van der Waals surface area contributed by atoms with Gasteiger partial charge in [0.15, 0.2) is 5.82 Å². The van der Waals surface area contributed by atoms with Crippen LogP contribution >= 0.6 is 0 Å². The van der Waals surface area contributed by atoms with E-state index in [4.69, 9.17) is 0 Å². The number of aromatic nitrogens is 6. The van der Waals surface area contributed by atoms with Crippen molar-refractivity contribution in [3.8, 4) is 16.9 Å². The van der Waals surface area contributed by atoms with Crippen LogP contribution in [0.25, 0.3) is 16.9 Å². The Labute approximate surface area is 180 Å². The summed E-state index contributed by atoms with van der Waals surface area (Å²) in [7, 11) is 0. The summed E-state index contributed by atoms with van der Waals surface area (Å²) in [6.07, 6.45) is 4.04. The fourth-order valence-electron chi connectivity index (χ4n) is 2.72. The Morgan fingerprint density at radius 3 is 2.41 bits per heavy atom. The smallest absolute Gasteiger partial charge is 0.356 e. The predicted octanol–water partition coefficient (Wildman–Crippen LogP) is 3.32. The second kappa shape index (κ2) is 8.25. The van der Waals surface area contributed by atoms with Gasteiger partial charge in [0.1, 0.15) is 18.2 Å². The average molecular weight is 571 g/mol. The predicted molar refractivity (Wildman–Crippen MR) is 96.3 cm³/mol. The van der Waals surface area contributed by atoms with Crippen molar-refractivity contribution in [3.63, 3.8) is 0 Å². The fourth-order valence-corrected chi connectivity index (χ4v) is 2.72. The van der Waals surface area contributed by atoms with Crippen LogP contribution in [0, 0.1) is 24.0 Å². The summed E-state index contributed by atoms with van der Waals surface area (Å²) in [4.78, 5) is 16.1. The van der Waals surface area contributed by atoms with Gasteiger partial charge in [-0.3, -0.25) is 4.39 Å². The Balaban J connectivity index is 0.00000240. The van der Waals surface area contributed by atoms with Gasteiger partial charge in [-0.15, -0.1) is 12.1 Å². The van der Waals surface area contributed by atoms with Crippen molar-refractivity contribution in [1.29, 1.82) is 0 Å². The van der Waals surface area contributed by atoms with Gasteiger partial charge in [-0.25, -0.2) is 14.1 Å². The first-order chi connectivity index (χ1) is 13.5. The molecule has 0 radical (unpaired) electrons. The molecule has 6 nitrogen and oxygen atoms in total. The minimum Gasteiger partial charge on any atom is -0.356 e. The van der Waals surface area contributed by atoms with Gasteiger partial charge < -0.3 is 15.0 Å². The molecule has 0 aliphatic carbocycles. The van der Waals surface area contributed by atoms with Gasteiger partial charge in [0.05, 0.1) is 5.41 Å². The molecule has 0 aliphatic heterocycles. The Hall–Kier alpha value is -2.86. The molecule has 0 aromatic carbocycles. The molecular weight excluding hydrogens is 557 g/mol. The van der Waals surface area contributed by atoms with Crippen molar-refractivity contribution in [1.82, 2.24) is 29.7 Å². The van der Waals surface area contributed by atoms with Crippen LogP contribution in [-0.4, -0.2) is 29.7 Å². The van der Waals surface area contributed by atoms with Crippen LogP contribution in [0.5, 0.6) is 0 Å². The minimum atomic E-state index is -0.724.